The normalized spacial score (nSPS) is 15.5. The van der Waals surface area contributed by atoms with E-state index in [1.165, 1.54) is 11.0 Å². The molecule has 22 heavy (non-hydrogen) atoms. The summed E-state index contributed by atoms with van der Waals surface area (Å²) < 4.78 is 32.8. The molecule has 1 aromatic heterocycles. The lowest BCUT2D eigenvalue weighted by Gasteiger charge is -2.31. The lowest BCUT2D eigenvalue weighted by molar-refractivity contribution is 0.00133. The Bertz CT molecular complexity index is 570. The van der Waals surface area contributed by atoms with E-state index in [-0.39, 0.29) is 5.82 Å². The van der Waals surface area contributed by atoms with Crippen LogP contribution in [-0.2, 0) is 17.1 Å². The van der Waals surface area contributed by atoms with Crippen molar-refractivity contribution in [2.24, 2.45) is 5.73 Å². The predicted molar refractivity (Wildman–Crippen MR) is 79.1 cm³/mol. The van der Waals surface area contributed by atoms with Crippen LogP contribution in [0.5, 0.6) is 0 Å². The molecule has 0 unspecified atom stereocenters. The van der Waals surface area contributed by atoms with Gasteiger partial charge in [0.25, 0.3) is 0 Å². The van der Waals surface area contributed by atoms with Crippen molar-refractivity contribution in [1.29, 1.82) is 0 Å². The summed E-state index contributed by atoms with van der Waals surface area (Å²) in [5.74, 6) is -2.97. The number of carbonyl (C=O) groups excluding carboxylic acids is 1. The van der Waals surface area contributed by atoms with Gasteiger partial charge in [-0.25, -0.2) is 9.78 Å². The third kappa shape index (κ3) is 3.52. The van der Waals surface area contributed by atoms with Gasteiger partial charge in [0, 0.05) is 6.54 Å². The van der Waals surface area contributed by atoms with Gasteiger partial charge in [-0.3, -0.25) is 4.90 Å². The molecule has 0 radical (unpaired) electrons. The van der Waals surface area contributed by atoms with Crippen molar-refractivity contribution in [2.75, 3.05) is 18.0 Å². The SMILES string of the molecule is CC(C)(C)OC(=O)N1CCCc2ccc(C(F)(F)CN)nc21. The van der Waals surface area contributed by atoms with Crippen molar-refractivity contribution in [1.82, 2.24) is 4.98 Å². The second-order valence-corrected chi connectivity index (χ2v) is 6.32. The lowest BCUT2D eigenvalue weighted by atomic mass is 10.0. The molecule has 2 N–H and O–H groups in total. The number of nitrogens with zero attached hydrogens (tertiary/aromatic N) is 2. The van der Waals surface area contributed by atoms with Gasteiger partial charge >= 0.3 is 12.0 Å². The Balaban J connectivity index is 2.36. The first kappa shape index (κ1) is 16.6. The van der Waals surface area contributed by atoms with E-state index in [0.717, 1.165) is 12.0 Å². The highest BCUT2D eigenvalue weighted by atomic mass is 19.3. The number of halogens is 2. The number of aryl methyl sites for hydroxylation is 1. The molecule has 0 fully saturated rings. The molecular formula is C15H21F2N3O2. The van der Waals surface area contributed by atoms with Crippen molar-refractivity contribution in [3.63, 3.8) is 0 Å². The predicted octanol–water partition coefficient (Wildman–Crippen LogP) is 2.82. The van der Waals surface area contributed by atoms with E-state index in [1.807, 2.05) is 0 Å². The summed E-state index contributed by atoms with van der Waals surface area (Å²) in [6, 6.07) is 2.85. The van der Waals surface area contributed by atoms with E-state index in [9.17, 15) is 13.6 Å². The smallest absolute Gasteiger partial charge is 0.416 e. The Morgan fingerprint density at radius 2 is 2.09 bits per heavy atom. The molecule has 7 heteroatoms. The number of hydrogen-bond donors (Lipinski definition) is 1. The van der Waals surface area contributed by atoms with E-state index in [4.69, 9.17) is 10.5 Å². The molecule has 0 aromatic carbocycles. The Labute approximate surface area is 128 Å². The largest absolute Gasteiger partial charge is 0.443 e. The maximum absolute atomic E-state index is 13.7. The fraction of sp³-hybridized carbons (Fsp3) is 0.600. The molecule has 1 aliphatic rings. The van der Waals surface area contributed by atoms with Crippen LogP contribution in [0, 0.1) is 0 Å². The molecule has 0 bridgehead atoms. The number of aromatic nitrogens is 1. The van der Waals surface area contributed by atoms with Crippen LogP contribution < -0.4 is 10.6 Å². The highest BCUT2D eigenvalue weighted by Gasteiger charge is 2.34. The molecule has 0 spiro atoms. The van der Waals surface area contributed by atoms with Crippen molar-refractivity contribution in [3.8, 4) is 0 Å². The second-order valence-electron chi connectivity index (χ2n) is 6.32. The van der Waals surface area contributed by atoms with Crippen LogP contribution >= 0.6 is 0 Å². The molecular weight excluding hydrogens is 292 g/mol. The van der Waals surface area contributed by atoms with E-state index in [2.05, 4.69) is 4.98 Å². The van der Waals surface area contributed by atoms with Crippen LogP contribution in [0.4, 0.5) is 19.4 Å². The number of fused-ring (bicyclic) bond motifs is 1. The second kappa shape index (κ2) is 5.79. The minimum absolute atomic E-state index is 0.242. The van der Waals surface area contributed by atoms with Crippen LogP contribution in [0.2, 0.25) is 0 Å². The first-order chi connectivity index (χ1) is 10.1. The van der Waals surface area contributed by atoms with Crippen LogP contribution in [0.25, 0.3) is 0 Å². The Morgan fingerprint density at radius 1 is 1.41 bits per heavy atom. The van der Waals surface area contributed by atoms with Gasteiger partial charge in [-0.1, -0.05) is 6.07 Å². The number of pyridine rings is 1. The average Bonchev–Trinajstić information content (AvgIpc) is 2.44. The van der Waals surface area contributed by atoms with Crippen LogP contribution in [0.3, 0.4) is 0 Å². The topological polar surface area (TPSA) is 68.5 Å². The number of rotatable bonds is 2. The van der Waals surface area contributed by atoms with E-state index in [0.29, 0.717) is 13.0 Å². The maximum atomic E-state index is 13.7. The monoisotopic (exact) mass is 313 g/mol. The molecule has 0 saturated carbocycles. The summed E-state index contributed by atoms with van der Waals surface area (Å²) in [4.78, 5) is 17.6. The van der Waals surface area contributed by atoms with Crippen molar-refractivity contribution >= 4 is 11.9 Å². The fourth-order valence-corrected chi connectivity index (χ4v) is 2.24. The molecule has 2 heterocycles. The minimum atomic E-state index is -3.22. The molecule has 0 atom stereocenters. The van der Waals surface area contributed by atoms with Crippen molar-refractivity contribution in [2.45, 2.75) is 45.1 Å². The number of nitrogens with two attached hydrogens (primary N) is 1. The molecule has 5 nitrogen and oxygen atoms in total. The molecule has 122 valence electrons. The Kier molecular flexibility index (Phi) is 4.37. The van der Waals surface area contributed by atoms with Gasteiger partial charge in [0.05, 0.1) is 6.54 Å². The number of ether oxygens (including phenoxy) is 1. The molecule has 1 amide bonds. The molecule has 1 aromatic rings. The average molecular weight is 313 g/mol. The van der Waals surface area contributed by atoms with Gasteiger partial charge in [-0.15, -0.1) is 0 Å². The Morgan fingerprint density at radius 3 is 2.68 bits per heavy atom. The summed E-state index contributed by atoms with van der Waals surface area (Å²) in [7, 11) is 0. The van der Waals surface area contributed by atoms with Gasteiger partial charge in [0.2, 0.25) is 0 Å². The van der Waals surface area contributed by atoms with Crippen LogP contribution in [0.1, 0.15) is 38.4 Å². The third-order valence-corrected chi connectivity index (χ3v) is 3.28. The van der Waals surface area contributed by atoms with Gasteiger partial charge in [0.15, 0.2) is 0 Å². The highest BCUT2D eigenvalue weighted by Crippen LogP contribution is 2.32. The molecule has 2 rings (SSSR count). The number of hydrogen-bond acceptors (Lipinski definition) is 4. The van der Waals surface area contributed by atoms with Gasteiger partial charge in [-0.05, 0) is 45.2 Å². The quantitative estimate of drug-likeness (QED) is 0.911. The lowest BCUT2D eigenvalue weighted by Crippen LogP contribution is -2.41. The summed E-state index contributed by atoms with van der Waals surface area (Å²) in [5, 5.41) is 0. The van der Waals surface area contributed by atoms with Gasteiger partial charge in [-0.2, -0.15) is 8.78 Å². The van der Waals surface area contributed by atoms with Crippen molar-refractivity contribution in [3.05, 3.63) is 23.4 Å². The number of alkyl halides is 2. The van der Waals surface area contributed by atoms with E-state index in [1.54, 1.807) is 26.8 Å². The first-order valence-corrected chi connectivity index (χ1v) is 7.23. The first-order valence-electron chi connectivity index (χ1n) is 7.23. The zero-order chi connectivity index (χ0) is 16.5. The fourth-order valence-electron chi connectivity index (χ4n) is 2.24. The molecule has 1 aliphatic heterocycles. The van der Waals surface area contributed by atoms with Gasteiger partial charge in [0.1, 0.15) is 17.1 Å². The number of anilines is 1. The minimum Gasteiger partial charge on any atom is -0.443 e. The zero-order valence-electron chi connectivity index (χ0n) is 13.0. The molecule has 0 saturated heterocycles. The number of amides is 1. The van der Waals surface area contributed by atoms with Crippen LogP contribution in [-0.4, -0.2) is 29.8 Å². The molecule has 0 aliphatic carbocycles. The number of carbonyl (C=O) groups is 1. The third-order valence-electron chi connectivity index (χ3n) is 3.28. The van der Waals surface area contributed by atoms with E-state index < -0.39 is 29.9 Å². The summed E-state index contributed by atoms with van der Waals surface area (Å²) >= 11 is 0. The zero-order valence-corrected chi connectivity index (χ0v) is 13.0. The highest BCUT2D eigenvalue weighted by molar-refractivity contribution is 5.88. The van der Waals surface area contributed by atoms with Crippen molar-refractivity contribution < 1.29 is 18.3 Å². The van der Waals surface area contributed by atoms with Crippen LogP contribution in [0.15, 0.2) is 12.1 Å². The standard InChI is InChI=1S/C15H21F2N3O2/c1-14(2,3)22-13(21)20-8-4-5-10-6-7-11(19-12(10)20)15(16,17)9-18/h6-7H,4-5,8-9,18H2,1-3H3. The van der Waals surface area contributed by atoms with E-state index >= 15 is 0 Å². The summed E-state index contributed by atoms with van der Waals surface area (Å²) in [5.41, 5.74) is 4.77. The Hall–Kier alpha value is -1.76. The maximum Gasteiger partial charge on any atom is 0.416 e. The van der Waals surface area contributed by atoms with Gasteiger partial charge < -0.3 is 10.5 Å². The summed E-state index contributed by atoms with van der Waals surface area (Å²) in [6.45, 7) is 4.82. The summed E-state index contributed by atoms with van der Waals surface area (Å²) in [6.07, 6.45) is 0.852.